The van der Waals surface area contributed by atoms with Crippen molar-refractivity contribution in [3.63, 3.8) is 0 Å². The second kappa shape index (κ2) is 12.9. The lowest BCUT2D eigenvalue weighted by atomic mass is 9.96. The zero-order valence-corrected chi connectivity index (χ0v) is 25.1. The van der Waals surface area contributed by atoms with Crippen LogP contribution in [0.25, 0.3) is 21.9 Å². The van der Waals surface area contributed by atoms with Crippen LogP contribution < -0.4 is 19.5 Å². The van der Waals surface area contributed by atoms with Gasteiger partial charge in [0.15, 0.2) is 9.84 Å². The minimum Gasteiger partial charge on any atom is -0.494 e. The monoisotopic (exact) mass is 627 g/mol. The fourth-order valence-electron chi connectivity index (χ4n) is 5.21. The average Bonchev–Trinajstić information content (AvgIpc) is 2.98. The summed E-state index contributed by atoms with van der Waals surface area (Å²) in [5.74, 6) is -1.02. The van der Waals surface area contributed by atoms with Crippen molar-refractivity contribution < 1.29 is 40.6 Å². The molecule has 0 radical (unpaired) electrons. The molecule has 0 bridgehead atoms. The molecule has 4 aromatic rings. The summed E-state index contributed by atoms with van der Waals surface area (Å²) in [5.41, 5.74) is 2.03. The highest BCUT2D eigenvalue weighted by molar-refractivity contribution is 7.90. The fourth-order valence-corrected chi connectivity index (χ4v) is 5.92. The van der Waals surface area contributed by atoms with Crippen LogP contribution in [0, 0.1) is 6.92 Å². The fraction of sp³-hybridized carbons (Fsp3) is 0.303. The van der Waals surface area contributed by atoms with Crippen LogP contribution in [0.5, 0.6) is 23.0 Å². The van der Waals surface area contributed by atoms with Crippen molar-refractivity contribution >= 4 is 26.6 Å². The number of esters is 1. The first-order valence-corrected chi connectivity index (χ1v) is 16.1. The van der Waals surface area contributed by atoms with Crippen molar-refractivity contribution in [1.29, 1.82) is 0 Å². The molecule has 1 heterocycles. The highest BCUT2D eigenvalue weighted by Gasteiger charge is 2.41. The second-order valence-electron chi connectivity index (χ2n) is 10.8. The van der Waals surface area contributed by atoms with Crippen LogP contribution in [0.1, 0.15) is 31.2 Å². The van der Waals surface area contributed by atoms with Crippen LogP contribution >= 0.6 is 0 Å². The van der Waals surface area contributed by atoms with E-state index in [1.54, 1.807) is 55.5 Å². The summed E-state index contributed by atoms with van der Waals surface area (Å²) in [6.45, 7) is 3.40. The van der Waals surface area contributed by atoms with Crippen molar-refractivity contribution in [2.45, 2.75) is 49.7 Å². The Bertz CT molecular complexity index is 1770. The van der Waals surface area contributed by atoms with Gasteiger partial charge >= 0.3 is 12.1 Å². The van der Waals surface area contributed by atoms with E-state index in [0.29, 0.717) is 57.4 Å². The maximum atomic E-state index is 12.8. The van der Waals surface area contributed by atoms with Gasteiger partial charge in [-0.3, -0.25) is 0 Å². The van der Waals surface area contributed by atoms with E-state index in [4.69, 9.17) is 9.47 Å². The Morgan fingerprint density at radius 1 is 0.909 bits per heavy atom. The number of sulfone groups is 1. The average molecular weight is 628 g/mol. The van der Waals surface area contributed by atoms with Crippen LogP contribution in [0.2, 0.25) is 0 Å². The summed E-state index contributed by atoms with van der Waals surface area (Å²) in [6.07, 6.45) is 0.485. The highest BCUT2D eigenvalue weighted by atomic mass is 32.2. The van der Waals surface area contributed by atoms with Gasteiger partial charge in [0.1, 0.15) is 23.0 Å². The molecule has 1 atom stereocenters. The van der Waals surface area contributed by atoms with Crippen LogP contribution in [-0.2, 0) is 14.6 Å². The summed E-state index contributed by atoms with van der Waals surface area (Å²) in [7, 11) is -3.43. The van der Waals surface area contributed by atoms with Crippen molar-refractivity contribution in [1.82, 2.24) is 5.32 Å². The predicted molar refractivity (Wildman–Crippen MR) is 161 cm³/mol. The number of benzene rings is 4. The minimum absolute atomic E-state index is 0.174. The molecule has 44 heavy (non-hydrogen) atoms. The molecule has 1 unspecified atom stereocenters. The Kier molecular flexibility index (Phi) is 9.17. The van der Waals surface area contributed by atoms with E-state index in [0.717, 1.165) is 25.6 Å². The van der Waals surface area contributed by atoms with Gasteiger partial charge in [0.25, 0.3) is 0 Å². The topological polar surface area (TPSA) is 90.9 Å². The van der Waals surface area contributed by atoms with Crippen LogP contribution in [-0.4, -0.2) is 46.0 Å². The summed E-state index contributed by atoms with van der Waals surface area (Å²) < 4.78 is 79.4. The Balaban J connectivity index is 1.46. The van der Waals surface area contributed by atoms with Crippen LogP contribution in [0.15, 0.2) is 77.7 Å². The molecule has 232 valence electrons. The number of hydrogen-bond acceptors (Lipinski definition) is 7. The molecular formula is C33H32F3NO6S. The highest BCUT2D eigenvalue weighted by Crippen LogP contribution is 2.42. The first-order chi connectivity index (χ1) is 20.9. The van der Waals surface area contributed by atoms with Gasteiger partial charge in [0.05, 0.1) is 11.5 Å². The first kappa shape index (κ1) is 31.3. The molecule has 0 spiro atoms. The third-order valence-electron chi connectivity index (χ3n) is 7.49. The molecule has 7 nitrogen and oxygen atoms in total. The van der Waals surface area contributed by atoms with Crippen molar-refractivity contribution in [2.75, 3.05) is 19.4 Å². The van der Waals surface area contributed by atoms with Gasteiger partial charge < -0.3 is 19.5 Å². The SMILES string of the molecule is Cc1cc(S(C)(=O)=O)ccc1-c1ccc2cc(OC(=O)C(F)(F)F)ccc2c1Oc1ccc(OCCC2CCCCN2)cc1. The number of fused-ring (bicyclic) bond motifs is 1. The van der Waals surface area contributed by atoms with Crippen molar-refractivity contribution in [3.8, 4) is 34.1 Å². The molecule has 11 heteroatoms. The molecule has 0 amide bonds. The zero-order valence-electron chi connectivity index (χ0n) is 24.2. The number of halogens is 3. The molecule has 1 fully saturated rings. The van der Waals surface area contributed by atoms with Gasteiger partial charge in [0, 0.05) is 23.2 Å². The standard InChI is InChI=1S/C33H32F3NO6S/c1-21-19-27(44(2,39)40)12-15-28(21)30-13-6-22-20-26(43-32(38)33(34,35)36)11-14-29(22)31(30)42-25-9-7-24(8-10-25)41-18-16-23-5-3-4-17-37-23/h6-15,19-20,23,37H,3-5,16-18H2,1-2H3. The van der Waals surface area contributed by atoms with Crippen molar-refractivity contribution in [2.24, 2.45) is 0 Å². The number of hydrogen-bond donors (Lipinski definition) is 1. The number of aryl methyl sites for hydroxylation is 1. The molecule has 1 N–H and O–H groups in total. The molecule has 4 aromatic carbocycles. The first-order valence-electron chi connectivity index (χ1n) is 14.2. The molecule has 0 saturated carbocycles. The molecular weight excluding hydrogens is 595 g/mol. The lowest BCUT2D eigenvalue weighted by molar-refractivity contribution is -0.189. The van der Waals surface area contributed by atoms with Crippen molar-refractivity contribution in [3.05, 3.63) is 78.4 Å². The Morgan fingerprint density at radius 3 is 2.27 bits per heavy atom. The quantitative estimate of drug-likeness (QED) is 0.153. The van der Waals surface area contributed by atoms with Crippen LogP contribution in [0.4, 0.5) is 13.2 Å². The van der Waals surface area contributed by atoms with E-state index in [1.165, 1.54) is 37.1 Å². The third-order valence-corrected chi connectivity index (χ3v) is 8.60. The minimum atomic E-state index is -5.13. The van der Waals surface area contributed by atoms with E-state index in [2.05, 4.69) is 10.1 Å². The number of rotatable bonds is 9. The number of piperidine rings is 1. The molecule has 0 aromatic heterocycles. The normalized spacial score (nSPS) is 15.6. The molecule has 5 rings (SSSR count). The van der Waals surface area contributed by atoms with Gasteiger partial charge in [-0.05, 0) is 110 Å². The number of ether oxygens (including phenoxy) is 3. The Hall–Kier alpha value is -4.09. The lowest BCUT2D eigenvalue weighted by Gasteiger charge is -2.23. The van der Waals surface area contributed by atoms with E-state index < -0.39 is 22.0 Å². The number of nitrogens with one attached hydrogen (secondary N) is 1. The van der Waals surface area contributed by atoms with E-state index in [-0.39, 0.29) is 10.6 Å². The second-order valence-corrected chi connectivity index (χ2v) is 12.8. The van der Waals surface area contributed by atoms with Gasteiger partial charge in [-0.1, -0.05) is 18.6 Å². The van der Waals surface area contributed by atoms with E-state index in [1.807, 2.05) is 0 Å². The smallest absolute Gasteiger partial charge is 0.491 e. The number of carbonyl (C=O) groups excluding carboxylic acids is 1. The zero-order chi connectivity index (χ0) is 31.5. The third kappa shape index (κ3) is 7.51. The van der Waals surface area contributed by atoms with Gasteiger partial charge in [-0.15, -0.1) is 0 Å². The molecule has 1 saturated heterocycles. The van der Waals surface area contributed by atoms with E-state index >= 15 is 0 Å². The lowest BCUT2D eigenvalue weighted by Crippen LogP contribution is -2.35. The van der Waals surface area contributed by atoms with Gasteiger partial charge in [-0.2, -0.15) is 13.2 Å². The summed E-state index contributed by atoms with van der Waals surface area (Å²) in [4.78, 5) is 11.6. The van der Waals surface area contributed by atoms with E-state index in [9.17, 15) is 26.4 Å². The van der Waals surface area contributed by atoms with Gasteiger partial charge in [0.2, 0.25) is 0 Å². The Morgan fingerprint density at radius 2 is 1.61 bits per heavy atom. The molecule has 0 aliphatic carbocycles. The Labute approximate surface area is 253 Å². The number of alkyl halides is 3. The largest absolute Gasteiger partial charge is 0.494 e. The maximum absolute atomic E-state index is 12.8. The summed E-state index contributed by atoms with van der Waals surface area (Å²) in [6, 6.07) is 19.9. The predicted octanol–water partition coefficient (Wildman–Crippen LogP) is 7.39. The number of carbonyl (C=O) groups is 1. The summed E-state index contributed by atoms with van der Waals surface area (Å²) in [5, 5.41) is 4.52. The summed E-state index contributed by atoms with van der Waals surface area (Å²) >= 11 is 0. The molecule has 1 aliphatic rings. The van der Waals surface area contributed by atoms with Gasteiger partial charge in [-0.25, -0.2) is 13.2 Å². The van der Waals surface area contributed by atoms with Crippen LogP contribution in [0.3, 0.4) is 0 Å². The molecule has 1 aliphatic heterocycles. The maximum Gasteiger partial charge on any atom is 0.491 e.